The number of para-hydroxylation sites is 1. The van der Waals surface area contributed by atoms with E-state index in [9.17, 15) is 0 Å². The van der Waals surface area contributed by atoms with E-state index in [1.54, 1.807) is 0 Å². The topological polar surface area (TPSA) is 3.88 Å². The molecule has 0 unspecified atom stereocenters. The van der Waals surface area contributed by atoms with Crippen LogP contribution in [-0.2, 0) is 0 Å². The van der Waals surface area contributed by atoms with Gasteiger partial charge < -0.3 is 24.0 Å². The minimum absolute atomic E-state index is 0. The quantitative estimate of drug-likeness (QED) is 0.483. The van der Waals surface area contributed by atoms with E-state index < -0.39 is 0 Å². The molecular formula is C12H12IN. The van der Waals surface area contributed by atoms with E-state index in [1.807, 2.05) is 18.2 Å². The molecule has 0 radical (unpaired) electrons. The summed E-state index contributed by atoms with van der Waals surface area (Å²) in [6, 6.07) is 14.5. The summed E-state index contributed by atoms with van der Waals surface area (Å²) in [7, 11) is 0. The Morgan fingerprint density at radius 2 is 1.43 bits per heavy atom. The van der Waals surface area contributed by atoms with Gasteiger partial charge in [0.15, 0.2) is 12.4 Å². The number of rotatable bonds is 1. The molecule has 72 valence electrons. The number of hydrogen-bond donors (Lipinski definition) is 0. The first-order valence-electron chi connectivity index (χ1n) is 4.39. The smallest absolute Gasteiger partial charge is 0.210 e. The molecule has 2 heteroatoms. The third kappa shape index (κ3) is 2.54. The molecule has 2 rings (SSSR count). The van der Waals surface area contributed by atoms with E-state index in [-0.39, 0.29) is 24.0 Å². The summed E-state index contributed by atoms with van der Waals surface area (Å²) >= 11 is 0. The minimum Gasteiger partial charge on any atom is -1.00 e. The molecule has 1 heterocycles. The third-order valence-electron chi connectivity index (χ3n) is 2.05. The fourth-order valence-electron chi connectivity index (χ4n) is 1.27. The van der Waals surface area contributed by atoms with Crippen LogP contribution in [0.2, 0.25) is 0 Å². The zero-order valence-electron chi connectivity index (χ0n) is 8.02. The van der Waals surface area contributed by atoms with Gasteiger partial charge in [-0.05, 0) is 12.5 Å². The van der Waals surface area contributed by atoms with Gasteiger partial charge in [-0.15, -0.1) is 0 Å². The number of nitrogens with zero attached hydrogens (tertiary/aromatic N) is 1. The predicted molar refractivity (Wildman–Crippen MR) is 52.7 cm³/mol. The Hall–Kier alpha value is -0.900. The SMILES string of the molecule is Cc1cc[n+](-c2ccccc2)cc1.[I-]. The number of pyridine rings is 1. The van der Waals surface area contributed by atoms with Crippen molar-refractivity contribution in [2.75, 3.05) is 0 Å². The zero-order valence-corrected chi connectivity index (χ0v) is 10.2. The van der Waals surface area contributed by atoms with Gasteiger partial charge >= 0.3 is 0 Å². The molecule has 0 atom stereocenters. The van der Waals surface area contributed by atoms with E-state index in [1.165, 1.54) is 11.3 Å². The number of halogens is 1. The highest BCUT2D eigenvalue weighted by Gasteiger charge is 2.01. The first kappa shape index (κ1) is 11.2. The predicted octanol–water partition coefficient (Wildman–Crippen LogP) is -0.724. The number of aryl methyl sites for hydroxylation is 1. The minimum atomic E-state index is 0. The van der Waals surface area contributed by atoms with Crippen molar-refractivity contribution in [2.45, 2.75) is 6.92 Å². The largest absolute Gasteiger partial charge is 1.00 e. The van der Waals surface area contributed by atoms with Gasteiger partial charge in [0.05, 0.1) is 0 Å². The van der Waals surface area contributed by atoms with Crippen LogP contribution in [-0.4, -0.2) is 0 Å². The molecule has 2 aromatic rings. The van der Waals surface area contributed by atoms with Crippen LogP contribution in [0.4, 0.5) is 0 Å². The summed E-state index contributed by atoms with van der Waals surface area (Å²) in [5.41, 5.74) is 2.48. The molecule has 0 bridgehead atoms. The molecule has 1 nitrogen and oxygen atoms in total. The lowest BCUT2D eigenvalue weighted by molar-refractivity contribution is -0.595. The Balaban J connectivity index is 0.000000980. The van der Waals surface area contributed by atoms with Gasteiger partial charge in [-0.3, -0.25) is 0 Å². The van der Waals surface area contributed by atoms with Gasteiger partial charge in [0.1, 0.15) is 0 Å². The second-order valence-corrected chi connectivity index (χ2v) is 3.12. The van der Waals surface area contributed by atoms with Crippen molar-refractivity contribution in [3.63, 3.8) is 0 Å². The Kier molecular flexibility index (Phi) is 4.07. The summed E-state index contributed by atoms with van der Waals surface area (Å²) in [4.78, 5) is 0. The van der Waals surface area contributed by atoms with E-state index in [2.05, 4.69) is 48.1 Å². The van der Waals surface area contributed by atoms with Crippen LogP contribution >= 0.6 is 0 Å². The fraction of sp³-hybridized carbons (Fsp3) is 0.0833. The molecule has 0 amide bonds. The van der Waals surface area contributed by atoms with Crippen molar-refractivity contribution >= 4 is 0 Å². The molecule has 0 aliphatic rings. The summed E-state index contributed by atoms with van der Waals surface area (Å²) in [6.07, 6.45) is 4.15. The summed E-state index contributed by atoms with van der Waals surface area (Å²) in [6.45, 7) is 2.09. The van der Waals surface area contributed by atoms with E-state index in [0.29, 0.717) is 0 Å². The third-order valence-corrected chi connectivity index (χ3v) is 2.05. The molecule has 1 aromatic carbocycles. The monoisotopic (exact) mass is 297 g/mol. The van der Waals surface area contributed by atoms with E-state index in [4.69, 9.17) is 0 Å². The maximum Gasteiger partial charge on any atom is 0.210 e. The van der Waals surface area contributed by atoms with Crippen molar-refractivity contribution in [3.8, 4) is 5.69 Å². The van der Waals surface area contributed by atoms with Gasteiger partial charge in [0.25, 0.3) is 0 Å². The fourth-order valence-corrected chi connectivity index (χ4v) is 1.27. The normalized spacial score (nSPS) is 9.21. The molecule has 0 saturated heterocycles. The second kappa shape index (κ2) is 5.10. The average molecular weight is 297 g/mol. The highest BCUT2D eigenvalue weighted by atomic mass is 127. The van der Waals surface area contributed by atoms with Crippen LogP contribution in [0.3, 0.4) is 0 Å². The molecule has 0 spiro atoms. The van der Waals surface area contributed by atoms with Crippen LogP contribution < -0.4 is 28.5 Å². The number of benzene rings is 1. The molecule has 0 saturated carbocycles. The number of aromatic nitrogens is 1. The molecule has 0 fully saturated rings. The average Bonchev–Trinajstić information content (AvgIpc) is 2.20. The van der Waals surface area contributed by atoms with Gasteiger partial charge in [-0.1, -0.05) is 18.2 Å². The van der Waals surface area contributed by atoms with E-state index in [0.717, 1.165) is 0 Å². The van der Waals surface area contributed by atoms with Crippen molar-refractivity contribution < 1.29 is 28.5 Å². The maximum absolute atomic E-state index is 2.10. The van der Waals surface area contributed by atoms with Crippen molar-refractivity contribution in [1.29, 1.82) is 0 Å². The molecule has 0 aliphatic carbocycles. The van der Waals surface area contributed by atoms with Crippen LogP contribution in [0.1, 0.15) is 5.56 Å². The van der Waals surface area contributed by atoms with Gasteiger partial charge in [0, 0.05) is 24.3 Å². The van der Waals surface area contributed by atoms with Crippen molar-refractivity contribution in [2.24, 2.45) is 0 Å². The lowest BCUT2D eigenvalue weighted by Crippen LogP contribution is -3.00. The van der Waals surface area contributed by atoms with Crippen LogP contribution in [0, 0.1) is 6.92 Å². The Morgan fingerprint density at radius 1 is 0.857 bits per heavy atom. The second-order valence-electron chi connectivity index (χ2n) is 3.12. The summed E-state index contributed by atoms with van der Waals surface area (Å²) < 4.78 is 2.10. The van der Waals surface area contributed by atoms with Crippen molar-refractivity contribution in [1.82, 2.24) is 0 Å². The Labute approximate surface area is 101 Å². The molecule has 0 N–H and O–H groups in total. The lowest BCUT2D eigenvalue weighted by atomic mass is 10.3. The lowest BCUT2D eigenvalue weighted by Gasteiger charge is -1.94. The van der Waals surface area contributed by atoms with Crippen LogP contribution in [0.25, 0.3) is 5.69 Å². The summed E-state index contributed by atoms with van der Waals surface area (Å²) in [5.74, 6) is 0. The number of hydrogen-bond acceptors (Lipinski definition) is 0. The highest BCUT2D eigenvalue weighted by molar-refractivity contribution is 5.21. The molecular weight excluding hydrogens is 285 g/mol. The Morgan fingerprint density at radius 3 is 2.00 bits per heavy atom. The molecule has 14 heavy (non-hydrogen) atoms. The maximum atomic E-state index is 2.10. The van der Waals surface area contributed by atoms with Crippen LogP contribution in [0.5, 0.6) is 0 Å². The Bertz CT molecular complexity index is 381. The first-order chi connectivity index (χ1) is 6.36. The first-order valence-corrected chi connectivity index (χ1v) is 4.39. The van der Waals surface area contributed by atoms with Gasteiger partial charge in [0.2, 0.25) is 5.69 Å². The van der Waals surface area contributed by atoms with Crippen molar-refractivity contribution in [3.05, 3.63) is 60.4 Å². The van der Waals surface area contributed by atoms with Gasteiger partial charge in [-0.25, -0.2) is 0 Å². The van der Waals surface area contributed by atoms with Crippen LogP contribution in [0.15, 0.2) is 54.9 Å². The summed E-state index contributed by atoms with van der Waals surface area (Å²) in [5, 5.41) is 0. The van der Waals surface area contributed by atoms with Gasteiger partial charge in [-0.2, -0.15) is 4.57 Å². The standard InChI is InChI=1S/C12H12N.HI/c1-11-7-9-13(10-8-11)12-5-3-2-4-6-12;/h2-10H,1H3;1H/q+1;/p-1. The highest BCUT2D eigenvalue weighted by Crippen LogP contribution is 1.98. The van der Waals surface area contributed by atoms with E-state index >= 15 is 0 Å². The molecule has 1 aromatic heterocycles. The zero-order chi connectivity index (χ0) is 9.10. The molecule has 0 aliphatic heterocycles.